The number of benzene rings is 1. The Morgan fingerprint density at radius 2 is 1.96 bits per heavy atom. The maximum Gasteiger partial charge on any atom is 0.371 e. The Hall–Kier alpha value is -1.97. The van der Waals surface area contributed by atoms with Gasteiger partial charge in [0, 0.05) is 0 Å². The summed E-state index contributed by atoms with van der Waals surface area (Å²) in [6.07, 6.45) is -6.34. The zero-order valence-electron chi connectivity index (χ0n) is 12.9. The third-order valence-corrected chi connectivity index (χ3v) is 3.64. The number of aliphatic carboxylic acids is 1. The number of carboxylic acids is 1. The number of hydrogen-bond acceptors (Lipinski definition) is 7. The highest BCUT2D eigenvalue weighted by molar-refractivity contribution is 5.89. The van der Waals surface area contributed by atoms with Crippen molar-refractivity contribution in [3.63, 3.8) is 0 Å². The molecule has 0 amide bonds. The van der Waals surface area contributed by atoms with Crippen LogP contribution in [0.3, 0.4) is 0 Å². The molecule has 132 valence electrons. The molecule has 1 heterocycles. The molecule has 0 bridgehead atoms. The largest absolute Gasteiger partial charge is 0.475 e. The number of aliphatic hydroxyl groups excluding tert-OH is 4. The molecule has 1 aliphatic rings. The van der Waals surface area contributed by atoms with E-state index in [1.54, 1.807) is 18.2 Å². The standard InChI is InChI=1S/C16H20O8/c1-8-3-2-4-9(5-8)6-10(15(21)22)23-16-14(20)13(19)12(18)11(7-17)24-16/h2-6,11-14,16-20H,7H2,1H3,(H,21,22)/b10-6-/t11-,12+,13+,14-,16-/m0/s1. The lowest BCUT2D eigenvalue weighted by atomic mass is 9.99. The van der Waals surface area contributed by atoms with E-state index in [0.717, 1.165) is 5.56 Å². The smallest absolute Gasteiger partial charge is 0.371 e. The average molecular weight is 340 g/mol. The summed E-state index contributed by atoms with van der Waals surface area (Å²) < 4.78 is 10.3. The predicted octanol–water partition coefficient (Wildman–Crippen LogP) is -0.763. The van der Waals surface area contributed by atoms with Gasteiger partial charge >= 0.3 is 5.97 Å². The van der Waals surface area contributed by atoms with Crippen molar-refractivity contribution in [2.45, 2.75) is 37.6 Å². The van der Waals surface area contributed by atoms with Crippen molar-refractivity contribution < 1.29 is 39.8 Å². The average Bonchev–Trinajstić information content (AvgIpc) is 2.54. The Morgan fingerprint density at radius 3 is 2.54 bits per heavy atom. The van der Waals surface area contributed by atoms with Crippen LogP contribution in [0.25, 0.3) is 6.08 Å². The molecule has 0 unspecified atom stereocenters. The number of aliphatic hydroxyl groups is 4. The van der Waals surface area contributed by atoms with Gasteiger partial charge in [0.15, 0.2) is 0 Å². The fraction of sp³-hybridized carbons (Fsp3) is 0.438. The van der Waals surface area contributed by atoms with Crippen molar-refractivity contribution in [3.8, 4) is 0 Å². The predicted molar refractivity (Wildman–Crippen MR) is 81.6 cm³/mol. The Bertz CT molecular complexity index is 612. The SMILES string of the molecule is Cc1cccc(/C=C(\O[C@H]2O[C@@H](CO)[C@@H](O)[C@@H](O)[C@@H]2O)C(=O)O)c1. The summed E-state index contributed by atoms with van der Waals surface area (Å²) in [6.45, 7) is 1.21. The highest BCUT2D eigenvalue weighted by atomic mass is 16.7. The molecule has 24 heavy (non-hydrogen) atoms. The Labute approximate surface area is 138 Å². The second-order valence-corrected chi connectivity index (χ2v) is 5.54. The minimum atomic E-state index is -1.68. The lowest BCUT2D eigenvalue weighted by molar-refractivity contribution is -0.291. The Morgan fingerprint density at radius 1 is 1.25 bits per heavy atom. The third kappa shape index (κ3) is 4.11. The number of hydrogen-bond donors (Lipinski definition) is 5. The molecule has 8 nitrogen and oxygen atoms in total. The summed E-state index contributed by atoms with van der Waals surface area (Å²) in [5, 5.41) is 47.7. The quantitative estimate of drug-likeness (QED) is 0.348. The molecule has 5 N–H and O–H groups in total. The van der Waals surface area contributed by atoms with Gasteiger partial charge in [0.25, 0.3) is 0 Å². The number of aryl methyl sites for hydroxylation is 1. The summed E-state index contributed by atoms with van der Waals surface area (Å²) in [7, 11) is 0. The van der Waals surface area contributed by atoms with Crippen LogP contribution in [0.15, 0.2) is 30.0 Å². The van der Waals surface area contributed by atoms with Gasteiger partial charge in [0.05, 0.1) is 6.61 Å². The molecule has 0 spiro atoms. The Balaban J connectivity index is 2.22. The monoisotopic (exact) mass is 340 g/mol. The van der Waals surface area contributed by atoms with Crippen molar-refractivity contribution in [2.75, 3.05) is 6.61 Å². The lowest BCUT2D eigenvalue weighted by Crippen LogP contribution is -2.59. The second kappa shape index (κ2) is 7.73. The molecule has 1 aromatic rings. The van der Waals surface area contributed by atoms with Gasteiger partial charge in [-0.15, -0.1) is 0 Å². The van der Waals surface area contributed by atoms with Crippen LogP contribution in [-0.2, 0) is 14.3 Å². The molecule has 0 radical (unpaired) electrons. The molecular formula is C16H20O8. The van der Waals surface area contributed by atoms with E-state index in [-0.39, 0.29) is 0 Å². The van der Waals surface area contributed by atoms with E-state index in [4.69, 9.17) is 14.6 Å². The Kier molecular flexibility index (Phi) is 5.92. The van der Waals surface area contributed by atoms with Gasteiger partial charge in [0.1, 0.15) is 24.4 Å². The molecule has 8 heteroatoms. The van der Waals surface area contributed by atoms with Gasteiger partial charge in [0.2, 0.25) is 12.0 Å². The van der Waals surface area contributed by atoms with E-state index >= 15 is 0 Å². The van der Waals surface area contributed by atoms with Crippen LogP contribution in [0.2, 0.25) is 0 Å². The van der Waals surface area contributed by atoms with Crippen molar-refractivity contribution in [2.24, 2.45) is 0 Å². The lowest BCUT2D eigenvalue weighted by Gasteiger charge is -2.39. The van der Waals surface area contributed by atoms with E-state index < -0.39 is 49.0 Å². The van der Waals surface area contributed by atoms with E-state index in [1.165, 1.54) is 6.08 Å². The van der Waals surface area contributed by atoms with Gasteiger partial charge in [-0.25, -0.2) is 4.79 Å². The van der Waals surface area contributed by atoms with Gasteiger partial charge in [-0.3, -0.25) is 0 Å². The molecule has 5 atom stereocenters. The third-order valence-electron chi connectivity index (χ3n) is 3.64. The normalized spacial score (nSPS) is 30.9. The number of carboxylic acid groups (broad SMARTS) is 1. The van der Waals surface area contributed by atoms with E-state index in [2.05, 4.69) is 0 Å². The van der Waals surface area contributed by atoms with Crippen molar-refractivity contribution in [1.82, 2.24) is 0 Å². The highest BCUT2D eigenvalue weighted by Crippen LogP contribution is 2.24. The van der Waals surface area contributed by atoms with Crippen LogP contribution < -0.4 is 0 Å². The topological polar surface area (TPSA) is 137 Å². The first-order valence-electron chi connectivity index (χ1n) is 7.32. The van der Waals surface area contributed by atoms with E-state index in [9.17, 15) is 25.2 Å². The molecule has 0 aliphatic carbocycles. The van der Waals surface area contributed by atoms with E-state index in [1.807, 2.05) is 13.0 Å². The molecule has 1 fully saturated rings. The summed E-state index contributed by atoms with van der Waals surface area (Å²) in [6, 6.07) is 7.00. The molecule has 1 aromatic carbocycles. The van der Waals surface area contributed by atoms with Crippen molar-refractivity contribution in [3.05, 3.63) is 41.2 Å². The summed E-state index contributed by atoms with van der Waals surface area (Å²) in [4.78, 5) is 11.4. The van der Waals surface area contributed by atoms with Gasteiger partial charge < -0.3 is 35.0 Å². The molecule has 2 rings (SSSR count). The van der Waals surface area contributed by atoms with Gasteiger partial charge in [-0.1, -0.05) is 29.8 Å². The zero-order chi connectivity index (χ0) is 17.9. The fourth-order valence-corrected chi connectivity index (χ4v) is 2.35. The van der Waals surface area contributed by atoms with Crippen LogP contribution in [0.1, 0.15) is 11.1 Å². The molecule has 0 aromatic heterocycles. The summed E-state index contributed by atoms with van der Waals surface area (Å²) in [5.74, 6) is -1.90. The number of rotatable bonds is 5. The van der Waals surface area contributed by atoms with E-state index in [0.29, 0.717) is 5.56 Å². The van der Waals surface area contributed by atoms with Gasteiger partial charge in [-0.2, -0.15) is 0 Å². The maximum atomic E-state index is 11.4. The first kappa shape index (κ1) is 18.4. The van der Waals surface area contributed by atoms with Gasteiger partial charge in [-0.05, 0) is 18.6 Å². The first-order valence-corrected chi connectivity index (χ1v) is 7.32. The van der Waals surface area contributed by atoms with Crippen LogP contribution in [0.5, 0.6) is 0 Å². The van der Waals surface area contributed by atoms with Crippen LogP contribution in [-0.4, -0.2) is 68.8 Å². The van der Waals surface area contributed by atoms with Crippen LogP contribution in [0, 0.1) is 6.92 Å². The molecular weight excluding hydrogens is 320 g/mol. The first-order chi connectivity index (χ1) is 11.3. The number of ether oxygens (including phenoxy) is 2. The highest BCUT2D eigenvalue weighted by Gasteiger charge is 2.45. The molecule has 0 saturated carbocycles. The summed E-state index contributed by atoms with van der Waals surface area (Å²) in [5.41, 5.74) is 1.48. The minimum Gasteiger partial charge on any atom is -0.475 e. The maximum absolute atomic E-state index is 11.4. The minimum absolute atomic E-state index is 0.509. The molecule has 1 aliphatic heterocycles. The molecule has 1 saturated heterocycles. The zero-order valence-corrected chi connectivity index (χ0v) is 12.9. The van der Waals surface area contributed by atoms with Crippen LogP contribution >= 0.6 is 0 Å². The second-order valence-electron chi connectivity index (χ2n) is 5.54. The number of carbonyl (C=O) groups is 1. The van der Waals surface area contributed by atoms with Crippen molar-refractivity contribution >= 4 is 12.0 Å². The van der Waals surface area contributed by atoms with Crippen LogP contribution in [0.4, 0.5) is 0 Å². The van der Waals surface area contributed by atoms with Crippen molar-refractivity contribution in [1.29, 1.82) is 0 Å². The summed E-state index contributed by atoms with van der Waals surface area (Å²) >= 11 is 0. The fourth-order valence-electron chi connectivity index (χ4n) is 2.35.